The zero-order valence-electron chi connectivity index (χ0n) is 19.4. The second-order valence-corrected chi connectivity index (χ2v) is 8.57. The first-order chi connectivity index (χ1) is 17.6. The molecule has 5 heterocycles. The van der Waals surface area contributed by atoms with Gasteiger partial charge in [0.25, 0.3) is 0 Å². The zero-order valence-corrected chi connectivity index (χ0v) is 20.2. The maximum absolute atomic E-state index is 15.1. The van der Waals surface area contributed by atoms with Crippen LogP contribution in [0.2, 0.25) is 0 Å². The summed E-state index contributed by atoms with van der Waals surface area (Å²) in [5.74, 6) is -0.462. The third-order valence-corrected chi connectivity index (χ3v) is 6.08. The molecule has 4 aromatic rings. The molecule has 0 N–H and O–H groups in total. The quantitative estimate of drug-likeness (QED) is 0.364. The van der Waals surface area contributed by atoms with Crippen molar-refractivity contribution in [3.63, 3.8) is 0 Å². The smallest absolute Gasteiger partial charge is 0.414 e. The van der Waals surface area contributed by atoms with Gasteiger partial charge < -0.3 is 14.1 Å². The fourth-order valence-electron chi connectivity index (χ4n) is 4.30. The minimum atomic E-state index is -0.524. The normalized spacial score (nSPS) is 18.8. The second kappa shape index (κ2) is 10.3. The Morgan fingerprint density at radius 3 is 2.73 bits per heavy atom. The Balaban J connectivity index is 0.00000280. The Labute approximate surface area is 216 Å². The topological polar surface area (TPSA) is 113 Å². The van der Waals surface area contributed by atoms with Crippen molar-refractivity contribution in [2.24, 2.45) is 5.16 Å². The predicted octanol–water partition coefficient (Wildman–Crippen LogP) is 3.32. The number of imidazole rings is 1. The third-order valence-electron chi connectivity index (χ3n) is 6.08. The molecule has 2 aliphatic heterocycles. The fraction of sp³-hybridized carbons (Fsp3) is 0.250. The number of oxime groups is 1. The van der Waals surface area contributed by atoms with Crippen molar-refractivity contribution in [1.82, 2.24) is 29.5 Å². The molecule has 1 aromatic carbocycles. The minimum Gasteiger partial charge on any atom is -0.442 e. The largest absolute Gasteiger partial charge is 0.442 e. The van der Waals surface area contributed by atoms with Crippen LogP contribution in [-0.2, 0) is 22.7 Å². The first-order valence-electron chi connectivity index (χ1n) is 11.4. The van der Waals surface area contributed by atoms with Gasteiger partial charge in [-0.25, -0.2) is 18.9 Å². The molecule has 6 rings (SSSR count). The Hall–Kier alpha value is -4.32. The first kappa shape index (κ1) is 24.4. The number of ether oxygens (including phenoxy) is 1. The van der Waals surface area contributed by atoms with Gasteiger partial charge in [0.05, 0.1) is 43.5 Å². The molecule has 0 aliphatic carbocycles. The first-order valence-corrected chi connectivity index (χ1v) is 11.4. The summed E-state index contributed by atoms with van der Waals surface area (Å²) in [6.45, 7) is 1.32. The summed E-state index contributed by atoms with van der Waals surface area (Å²) in [6, 6.07) is 8.26. The molecule has 1 amide bonds. The van der Waals surface area contributed by atoms with Crippen LogP contribution >= 0.6 is 12.4 Å². The summed E-state index contributed by atoms with van der Waals surface area (Å²) < 4.78 is 24.0. The number of benzene rings is 1. The van der Waals surface area contributed by atoms with Gasteiger partial charge in [-0.15, -0.1) is 17.5 Å². The van der Waals surface area contributed by atoms with Crippen molar-refractivity contribution < 1.29 is 18.8 Å². The van der Waals surface area contributed by atoms with Gasteiger partial charge >= 0.3 is 6.09 Å². The van der Waals surface area contributed by atoms with E-state index in [1.54, 1.807) is 60.1 Å². The molecule has 0 unspecified atom stereocenters. The SMILES string of the molecule is Cl.O=C1O[C@@H](Cn2ccnn2)CN1c1ccc(-c2ccc(C3=NO[C@H](Cn4ccnc4)C3)nc2)c(F)c1. The van der Waals surface area contributed by atoms with E-state index in [4.69, 9.17) is 9.57 Å². The molecule has 1 fully saturated rings. The van der Waals surface area contributed by atoms with Crippen LogP contribution in [0.3, 0.4) is 0 Å². The van der Waals surface area contributed by atoms with Crippen LogP contribution in [0.1, 0.15) is 12.1 Å². The van der Waals surface area contributed by atoms with E-state index in [2.05, 4.69) is 25.4 Å². The number of pyridine rings is 1. The van der Waals surface area contributed by atoms with Crippen molar-refractivity contribution in [3.05, 3.63) is 79.2 Å². The number of rotatable bonds is 7. The third kappa shape index (κ3) is 5.14. The number of hydrogen-bond acceptors (Lipinski definition) is 8. The van der Waals surface area contributed by atoms with E-state index in [0.29, 0.717) is 48.6 Å². The van der Waals surface area contributed by atoms with Gasteiger partial charge in [-0.3, -0.25) is 9.88 Å². The summed E-state index contributed by atoms with van der Waals surface area (Å²) in [5, 5.41) is 11.8. The highest BCUT2D eigenvalue weighted by atomic mass is 35.5. The van der Waals surface area contributed by atoms with Crippen LogP contribution in [0.5, 0.6) is 0 Å². The van der Waals surface area contributed by atoms with Crippen LogP contribution in [-0.4, -0.2) is 60.1 Å². The lowest BCUT2D eigenvalue weighted by molar-refractivity contribution is 0.0725. The molecule has 1 saturated heterocycles. The maximum Gasteiger partial charge on any atom is 0.414 e. The lowest BCUT2D eigenvalue weighted by Gasteiger charge is -2.14. The van der Waals surface area contributed by atoms with Gasteiger partial charge in [0, 0.05) is 42.3 Å². The molecule has 37 heavy (non-hydrogen) atoms. The van der Waals surface area contributed by atoms with Crippen molar-refractivity contribution in [1.29, 1.82) is 0 Å². The van der Waals surface area contributed by atoms with Crippen LogP contribution < -0.4 is 4.90 Å². The number of nitrogens with zero attached hydrogens (tertiary/aromatic N) is 8. The average molecular weight is 525 g/mol. The maximum atomic E-state index is 15.1. The molecule has 3 aromatic heterocycles. The molecular weight excluding hydrogens is 503 g/mol. The number of carbonyl (C=O) groups is 1. The average Bonchev–Trinajstić information content (AvgIpc) is 3.69. The summed E-state index contributed by atoms with van der Waals surface area (Å²) >= 11 is 0. The molecule has 0 saturated carbocycles. The summed E-state index contributed by atoms with van der Waals surface area (Å²) in [6.07, 6.45) is 9.79. The Morgan fingerprint density at radius 2 is 2.00 bits per heavy atom. The highest BCUT2D eigenvalue weighted by molar-refractivity contribution is 5.99. The molecule has 2 atom stereocenters. The van der Waals surface area contributed by atoms with Gasteiger partial charge in [-0.2, -0.15) is 0 Å². The number of halogens is 2. The number of cyclic esters (lactones) is 1. The second-order valence-electron chi connectivity index (χ2n) is 8.57. The number of anilines is 1. The van der Waals surface area contributed by atoms with E-state index < -0.39 is 18.0 Å². The van der Waals surface area contributed by atoms with E-state index in [1.807, 2.05) is 10.8 Å². The fourth-order valence-corrected chi connectivity index (χ4v) is 4.30. The Kier molecular flexibility index (Phi) is 6.82. The number of aromatic nitrogens is 6. The molecule has 11 nitrogen and oxygen atoms in total. The van der Waals surface area contributed by atoms with Crippen LogP contribution in [0.4, 0.5) is 14.9 Å². The van der Waals surface area contributed by atoms with Gasteiger partial charge in [-0.1, -0.05) is 16.4 Å². The molecule has 0 spiro atoms. The van der Waals surface area contributed by atoms with Crippen LogP contribution in [0, 0.1) is 5.82 Å². The standard InChI is InChI=1S/C24H21FN8O3.ClH/c25-21-9-17(33-14-19(35-24(33)34)13-32-8-6-28-30-32)2-3-20(21)16-1-4-22(27-11-16)23-10-18(36-29-23)12-31-7-5-26-15-31;/h1-9,11,15,18-19H,10,12-14H2;1H/t18-,19-;/m0./s1. The minimum absolute atomic E-state index is 0. The lowest BCUT2D eigenvalue weighted by Crippen LogP contribution is -2.26. The molecular formula is C24H22ClFN8O3. The van der Waals surface area contributed by atoms with Crippen molar-refractivity contribution in [2.75, 3.05) is 11.4 Å². The summed E-state index contributed by atoms with van der Waals surface area (Å²) in [5.41, 5.74) is 2.85. The molecule has 190 valence electrons. The summed E-state index contributed by atoms with van der Waals surface area (Å²) in [4.78, 5) is 27.8. The van der Waals surface area contributed by atoms with E-state index in [1.165, 1.54) is 11.0 Å². The highest BCUT2D eigenvalue weighted by Crippen LogP contribution is 2.29. The number of hydrogen-bond donors (Lipinski definition) is 0. The number of amides is 1. The monoisotopic (exact) mass is 524 g/mol. The van der Waals surface area contributed by atoms with E-state index in [-0.39, 0.29) is 18.5 Å². The molecule has 0 radical (unpaired) electrons. The van der Waals surface area contributed by atoms with Crippen molar-refractivity contribution in [3.8, 4) is 11.1 Å². The number of carbonyl (C=O) groups excluding carboxylic acids is 1. The molecule has 13 heteroatoms. The zero-order chi connectivity index (χ0) is 24.5. The van der Waals surface area contributed by atoms with Gasteiger partial charge in [0.1, 0.15) is 17.6 Å². The van der Waals surface area contributed by atoms with Gasteiger partial charge in [-0.05, 0) is 24.3 Å². The molecule has 2 aliphatic rings. The lowest BCUT2D eigenvalue weighted by atomic mass is 10.0. The molecule has 0 bridgehead atoms. The Morgan fingerprint density at radius 1 is 1.08 bits per heavy atom. The predicted molar refractivity (Wildman–Crippen MR) is 133 cm³/mol. The van der Waals surface area contributed by atoms with E-state index in [0.717, 1.165) is 5.71 Å². The Bertz CT molecular complexity index is 1400. The highest BCUT2D eigenvalue weighted by Gasteiger charge is 2.33. The summed E-state index contributed by atoms with van der Waals surface area (Å²) in [7, 11) is 0. The van der Waals surface area contributed by atoms with Gasteiger partial charge in [0.15, 0.2) is 6.10 Å². The van der Waals surface area contributed by atoms with Gasteiger partial charge in [0.2, 0.25) is 0 Å². The van der Waals surface area contributed by atoms with E-state index in [9.17, 15) is 4.79 Å². The van der Waals surface area contributed by atoms with Crippen LogP contribution in [0.25, 0.3) is 11.1 Å². The van der Waals surface area contributed by atoms with E-state index >= 15 is 4.39 Å². The van der Waals surface area contributed by atoms with Crippen LogP contribution in [0.15, 0.2) is 72.8 Å². The van der Waals surface area contributed by atoms with Crippen molar-refractivity contribution >= 4 is 29.9 Å². The van der Waals surface area contributed by atoms with Crippen molar-refractivity contribution in [2.45, 2.75) is 31.7 Å².